The second-order valence-electron chi connectivity index (χ2n) is 10.9. The highest BCUT2D eigenvalue weighted by molar-refractivity contribution is 7.99. The predicted octanol–water partition coefficient (Wildman–Crippen LogP) is 6.56. The number of urea groups is 1. The number of carbonyl (C=O) groups is 2. The molecule has 0 atom stereocenters. The normalized spacial score (nSPS) is 11.5. The lowest BCUT2D eigenvalue weighted by molar-refractivity contribution is -0.138. The number of thioether (sulfide) groups is 1. The van der Waals surface area contributed by atoms with Crippen LogP contribution < -0.4 is 48.5 Å². The fraction of sp³-hybridized carbons (Fsp3) is 0.344. The zero-order chi connectivity index (χ0) is 37.6. The number of unbranched alkanes of at least 4 members (excludes halogenated alkanes) is 1. The molecular formula is C32H39F6N9O3S. The number of anilines is 4. The molecule has 0 saturated heterocycles. The van der Waals surface area contributed by atoms with E-state index in [0.717, 1.165) is 36.0 Å². The van der Waals surface area contributed by atoms with Crippen LogP contribution in [0.5, 0.6) is 11.5 Å². The Bertz CT molecular complexity index is 1660. The fourth-order valence-corrected chi connectivity index (χ4v) is 5.31. The van der Waals surface area contributed by atoms with Gasteiger partial charge in [0.1, 0.15) is 11.5 Å². The van der Waals surface area contributed by atoms with Crippen molar-refractivity contribution in [3.8, 4) is 11.5 Å². The summed E-state index contributed by atoms with van der Waals surface area (Å²) >= 11 is 1.02. The first kappa shape index (κ1) is 40.5. The molecule has 0 aliphatic rings. The minimum atomic E-state index is -4.84. The zero-order valence-electron chi connectivity index (χ0n) is 27.2. The molecule has 3 aromatic rings. The van der Waals surface area contributed by atoms with Crippen LogP contribution in [0.3, 0.4) is 0 Å². The van der Waals surface area contributed by atoms with Crippen molar-refractivity contribution < 1.29 is 40.7 Å². The number of benzene rings is 3. The summed E-state index contributed by atoms with van der Waals surface area (Å²) in [5.74, 6) is -0.653. The number of ether oxygens (including phenoxy) is 1. The van der Waals surface area contributed by atoms with Gasteiger partial charge in [0.05, 0.1) is 27.4 Å². The molecule has 0 heterocycles. The summed E-state index contributed by atoms with van der Waals surface area (Å²) in [7, 11) is 0. The van der Waals surface area contributed by atoms with Crippen molar-refractivity contribution in [2.75, 3.05) is 53.2 Å². The van der Waals surface area contributed by atoms with Gasteiger partial charge in [0.2, 0.25) is 5.91 Å². The lowest BCUT2D eigenvalue weighted by Crippen LogP contribution is -2.31. The van der Waals surface area contributed by atoms with Crippen LogP contribution in [0.2, 0.25) is 0 Å². The topological polar surface area (TPSA) is 205 Å². The lowest BCUT2D eigenvalue weighted by Gasteiger charge is -2.19. The monoisotopic (exact) mass is 743 g/mol. The summed E-state index contributed by atoms with van der Waals surface area (Å²) in [6.45, 7) is 1.14. The number of guanidine groups is 1. The molecule has 0 spiro atoms. The van der Waals surface area contributed by atoms with Crippen molar-refractivity contribution >= 4 is 52.4 Å². The Morgan fingerprint density at radius 1 is 0.765 bits per heavy atom. The molecule has 12 N–H and O–H groups in total. The van der Waals surface area contributed by atoms with Crippen molar-refractivity contribution in [1.82, 2.24) is 5.32 Å². The summed E-state index contributed by atoms with van der Waals surface area (Å²) in [6.07, 6.45) is -8.19. The molecule has 0 aliphatic carbocycles. The van der Waals surface area contributed by atoms with Gasteiger partial charge in [-0.15, -0.1) is 11.8 Å². The lowest BCUT2D eigenvalue weighted by atomic mass is 10.1. The summed E-state index contributed by atoms with van der Waals surface area (Å²) < 4.78 is 88.2. The molecule has 0 aromatic heterocycles. The molecule has 3 aromatic carbocycles. The fourth-order valence-electron chi connectivity index (χ4n) is 4.46. The number of nitrogens with two attached hydrogens (primary N) is 3. The quantitative estimate of drug-likeness (QED) is 0.0241. The SMILES string of the molecule is N=C(N)NCCCCC(=O)Nc1cc(C(F)(F)F)cc(NC(=O)Nc2cccc(Oc3cc(NCCCN)cc(C(F)(F)F)c3)c2)c1SCCN. The van der Waals surface area contributed by atoms with Crippen LogP contribution in [-0.2, 0) is 17.1 Å². The third-order valence-corrected chi connectivity index (χ3v) is 7.89. The van der Waals surface area contributed by atoms with E-state index in [-0.39, 0.29) is 63.8 Å². The number of hydrogen-bond donors (Lipinski definition) is 9. The second kappa shape index (κ2) is 18.9. The van der Waals surface area contributed by atoms with Crippen molar-refractivity contribution in [2.24, 2.45) is 17.2 Å². The van der Waals surface area contributed by atoms with E-state index in [4.69, 9.17) is 27.3 Å². The molecule has 3 amide bonds. The standard InChI is InChI=1S/C32H39F6N9O3S/c33-31(34,35)19-13-22(43-11-4-8-39)18-24(14-19)50-23-6-3-5-21(17-23)45-30(49)47-26-16-20(32(36,37)38)15-25(28(26)51-12-9-40)46-27(48)7-1-2-10-44-29(41)42/h3,5-6,13-18,43H,1-2,4,7-12,39-40H2,(H,46,48)(H4,41,42,44)(H2,45,47,49). The van der Waals surface area contributed by atoms with Gasteiger partial charge < -0.3 is 48.5 Å². The first-order valence-corrected chi connectivity index (χ1v) is 16.6. The van der Waals surface area contributed by atoms with Crippen molar-refractivity contribution in [1.29, 1.82) is 5.41 Å². The third kappa shape index (κ3) is 13.7. The largest absolute Gasteiger partial charge is 0.457 e. The van der Waals surface area contributed by atoms with E-state index >= 15 is 0 Å². The summed E-state index contributed by atoms with van der Waals surface area (Å²) in [5.41, 5.74) is 14.1. The van der Waals surface area contributed by atoms with E-state index in [1.54, 1.807) is 0 Å². The maximum absolute atomic E-state index is 13.9. The van der Waals surface area contributed by atoms with Crippen LogP contribution in [0.15, 0.2) is 59.5 Å². The Hall–Kier alpha value is -4.88. The third-order valence-electron chi connectivity index (χ3n) is 6.72. The average molecular weight is 744 g/mol. The molecule has 0 unspecified atom stereocenters. The molecule has 19 heteroatoms. The Morgan fingerprint density at radius 3 is 2.08 bits per heavy atom. The van der Waals surface area contributed by atoms with Gasteiger partial charge >= 0.3 is 18.4 Å². The van der Waals surface area contributed by atoms with Crippen LogP contribution in [0.25, 0.3) is 0 Å². The first-order valence-electron chi connectivity index (χ1n) is 15.6. The van der Waals surface area contributed by atoms with Gasteiger partial charge in [0.25, 0.3) is 0 Å². The van der Waals surface area contributed by atoms with Gasteiger partial charge in [0.15, 0.2) is 5.96 Å². The van der Waals surface area contributed by atoms with Crippen molar-refractivity contribution in [3.05, 3.63) is 65.7 Å². The molecule has 51 heavy (non-hydrogen) atoms. The summed E-state index contributed by atoms with van der Waals surface area (Å²) in [5, 5.41) is 20.0. The maximum atomic E-state index is 13.9. The number of rotatable bonds is 17. The van der Waals surface area contributed by atoms with E-state index in [2.05, 4.69) is 26.6 Å². The molecule has 0 bridgehead atoms. The molecule has 0 aliphatic heterocycles. The smallest absolute Gasteiger partial charge is 0.416 e. The highest BCUT2D eigenvalue weighted by atomic mass is 32.2. The highest BCUT2D eigenvalue weighted by Crippen LogP contribution is 2.41. The zero-order valence-corrected chi connectivity index (χ0v) is 28.0. The Labute approximate surface area is 294 Å². The van der Waals surface area contributed by atoms with E-state index in [1.807, 2.05) is 0 Å². The van der Waals surface area contributed by atoms with Crippen LogP contribution in [0.4, 0.5) is 53.9 Å². The number of amides is 3. The average Bonchev–Trinajstić information content (AvgIpc) is 3.03. The molecule has 0 radical (unpaired) electrons. The molecular weight excluding hydrogens is 704 g/mol. The predicted molar refractivity (Wildman–Crippen MR) is 186 cm³/mol. The minimum Gasteiger partial charge on any atom is -0.457 e. The van der Waals surface area contributed by atoms with Gasteiger partial charge in [-0.2, -0.15) is 26.3 Å². The van der Waals surface area contributed by atoms with Gasteiger partial charge in [-0.3, -0.25) is 10.2 Å². The van der Waals surface area contributed by atoms with E-state index in [1.165, 1.54) is 30.3 Å². The van der Waals surface area contributed by atoms with Crippen LogP contribution in [0.1, 0.15) is 36.8 Å². The van der Waals surface area contributed by atoms with Crippen LogP contribution >= 0.6 is 11.8 Å². The Morgan fingerprint density at radius 2 is 1.43 bits per heavy atom. The Balaban J connectivity index is 1.82. The molecule has 0 saturated carbocycles. The highest BCUT2D eigenvalue weighted by Gasteiger charge is 2.33. The second-order valence-corrected chi connectivity index (χ2v) is 12.0. The minimum absolute atomic E-state index is 0.0366. The van der Waals surface area contributed by atoms with Crippen LogP contribution in [0, 0.1) is 5.41 Å². The van der Waals surface area contributed by atoms with Gasteiger partial charge in [-0.1, -0.05) is 6.07 Å². The van der Waals surface area contributed by atoms with Gasteiger partial charge in [-0.25, -0.2) is 4.79 Å². The van der Waals surface area contributed by atoms with E-state index < -0.39 is 35.4 Å². The van der Waals surface area contributed by atoms with Gasteiger partial charge in [0, 0.05) is 55.3 Å². The number of halogens is 6. The molecule has 278 valence electrons. The molecule has 12 nitrogen and oxygen atoms in total. The number of nitrogens with one attached hydrogen (secondary N) is 6. The summed E-state index contributed by atoms with van der Waals surface area (Å²) in [4.78, 5) is 25.9. The maximum Gasteiger partial charge on any atom is 0.416 e. The van der Waals surface area contributed by atoms with Gasteiger partial charge in [-0.05, 0) is 62.2 Å². The van der Waals surface area contributed by atoms with Crippen molar-refractivity contribution in [2.45, 2.75) is 42.9 Å². The number of alkyl halides is 6. The van der Waals surface area contributed by atoms with Crippen molar-refractivity contribution in [3.63, 3.8) is 0 Å². The number of hydrogen-bond acceptors (Lipinski definition) is 8. The number of carbonyl (C=O) groups excluding carboxylic acids is 2. The Kier molecular flexibility index (Phi) is 15.0. The molecule has 3 rings (SSSR count). The summed E-state index contributed by atoms with van der Waals surface area (Å²) in [6, 6.07) is 9.31. The first-order chi connectivity index (χ1) is 24.1. The van der Waals surface area contributed by atoms with E-state index in [0.29, 0.717) is 38.9 Å². The van der Waals surface area contributed by atoms with Crippen LogP contribution in [-0.4, -0.2) is 49.8 Å². The molecule has 0 fully saturated rings. The van der Waals surface area contributed by atoms with E-state index in [9.17, 15) is 35.9 Å².